The van der Waals surface area contributed by atoms with E-state index in [0.717, 1.165) is 24.9 Å². The van der Waals surface area contributed by atoms with Crippen molar-refractivity contribution in [2.24, 2.45) is 5.92 Å². The Bertz CT molecular complexity index is 697. The lowest BCUT2D eigenvalue weighted by Crippen LogP contribution is -2.39. The number of amides is 1. The number of likely N-dealkylation sites (tertiary alicyclic amines) is 1. The second-order valence-corrected chi connectivity index (χ2v) is 7.18. The first-order chi connectivity index (χ1) is 11.5. The van der Waals surface area contributed by atoms with Crippen LogP contribution in [0.2, 0.25) is 5.02 Å². The van der Waals surface area contributed by atoms with Crippen molar-refractivity contribution in [1.29, 1.82) is 0 Å². The van der Waals surface area contributed by atoms with Crippen molar-refractivity contribution in [3.8, 4) is 11.4 Å². The third-order valence-corrected chi connectivity index (χ3v) is 4.50. The first kappa shape index (κ1) is 17.0. The third kappa shape index (κ3) is 3.96. The van der Waals surface area contributed by atoms with Crippen molar-refractivity contribution in [2.45, 2.75) is 39.0 Å². The predicted molar refractivity (Wildman–Crippen MR) is 92.8 cm³/mol. The number of nitrogens with zero attached hydrogens (tertiary/aromatic N) is 3. The summed E-state index contributed by atoms with van der Waals surface area (Å²) < 4.78 is 5.47. The van der Waals surface area contributed by atoms with Crippen LogP contribution < -0.4 is 0 Å². The summed E-state index contributed by atoms with van der Waals surface area (Å²) in [5.74, 6) is 1.88. The molecule has 1 fully saturated rings. The quantitative estimate of drug-likeness (QED) is 0.833. The van der Waals surface area contributed by atoms with Crippen LogP contribution in [0, 0.1) is 5.92 Å². The zero-order valence-corrected chi connectivity index (χ0v) is 14.8. The SMILES string of the molecule is CC(C)CC(=O)N1CCCC(c2nc(-c3ccc(Cl)cc3)no2)C1. The van der Waals surface area contributed by atoms with Gasteiger partial charge in [0.15, 0.2) is 0 Å². The summed E-state index contributed by atoms with van der Waals surface area (Å²) >= 11 is 5.91. The van der Waals surface area contributed by atoms with E-state index in [1.165, 1.54) is 0 Å². The van der Waals surface area contributed by atoms with Gasteiger partial charge in [-0.05, 0) is 43.0 Å². The molecule has 0 aliphatic carbocycles. The smallest absolute Gasteiger partial charge is 0.231 e. The highest BCUT2D eigenvalue weighted by molar-refractivity contribution is 6.30. The van der Waals surface area contributed by atoms with Crippen molar-refractivity contribution in [3.05, 3.63) is 35.2 Å². The average molecular weight is 348 g/mol. The molecule has 0 N–H and O–H groups in total. The van der Waals surface area contributed by atoms with E-state index in [4.69, 9.17) is 16.1 Å². The van der Waals surface area contributed by atoms with E-state index in [1.54, 1.807) is 12.1 Å². The maximum absolute atomic E-state index is 12.3. The highest BCUT2D eigenvalue weighted by atomic mass is 35.5. The number of benzene rings is 1. The maximum atomic E-state index is 12.3. The van der Waals surface area contributed by atoms with Crippen molar-refractivity contribution in [3.63, 3.8) is 0 Å². The van der Waals surface area contributed by atoms with Crippen LogP contribution in [-0.2, 0) is 4.79 Å². The van der Waals surface area contributed by atoms with Gasteiger partial charge in [-0.15, -0.1) is 0 Å². The molecule has 5 nitrogen and oxygen atoms in total. The minimum atomic E-state index is 0.114. The molecule has 128 valence electrons. The summed E-state index contributed by atoms with van der Waals surface area (Å²) in [7, 11) is 0. The molecular formula is C18H22ClN3O2. The van der Waals surface area contributed by atoms with Gasteiger partial charge in [0.05, 0.1) is 5.92 Å². The van der Waals surface area contributed by atoms with Crippen LogP contribution in [0.25, 0.3) is 11.4 Å². The summed E-state index contributed by atoms with van der Waals surface area (Å²) in [6, 6.07) is 7.35. The topological polar surface area (TPSA) is 59.2 Å². The molecule has 1 aromatic carbocycles. The Kier molecular flexibility index (Phi) is 5.19. The highest BCUT2D eigenvalue weighted by Crippen LogP contribution is 2.28. The zero-order chi connectivity index (χ0) is 17.1. The predicted octanol–water partition coefficient (Wildman–Crippen LogP) is 4.14. The Morgan fingerprint density at radius 1 is 1.38 bits per heavy atom. The van der Waals surface area contributed by atoms with Crippen molar-refractivity contribution >= 4 is 17.5 Å². The van der Waals surface area contributed by atoms with E-state index < -0.39 is 0 Å². The molecule has 1 saturated heterocycles. The largest absolute Gasteiger partial charge is 0.342 e. The third-order valence-electron chi connectivity index (χ3n) is 4.25. The van der Waals surface area contributed by atoms with Gasteiger partial charge in [0.25, 0.3) is 0 Å². The van der Waals surface area contributed by atoms with Gasteiger partial charge in [0.2, 0.25) is 17.6 Å². The number of rotatable bonds is 4. The van der Waals surface area contributed by atoms with Crippen LogP contribution >= 0.6 is 11.6 Å². The maximum Gasteiger partial charge on any atom is 0.231 e. The number of hydrogen-bond donors (Lipinski definition) is 0. The second kappa shape index (κ2) is 7.34. The molecule has 0 spiro atoms. The van der Waals surface area contributed by atoms with Crippen LogP contribution in [-0.4, -0.2) is 34.0 Å². The molecule has 1 atom stereocenters. The number of halogens is 1. The van der Waals surface area contributed by atoms with Crippen molar-refractivity contribution < 1.29 is 9.32 Å². The Morgan fingerprint density at radius 2 is 2.12 bits per heavy atom. The molecule has 2 aromatic rings. The lowest BCUT2D eigenvalue weighted by Gasteiger charge is -2.31. The fourth-order valence-electron chi connectivity index (χ4n) is 3.00. The molecule has 3 rings (SSSR count). The molecule has 0 bridgehead atoms. The minimum absolute atomic E-state index is 0.114. The van der Waals surface area contributed by atoms with Gasteiger partial charge in [-0.25, -0.2) is 0 Å². The van der Waals surface area contributed by atoms with E-state index in [-0.39, 0.29) is 11.8 Å². The van der Waals surface area contributed by atoms with E-state index >= 15 is 0 Å². The molecule has 1 aromatic heterocycles. The van der Waals surface area contributed by atoms with Crippen molar-refractivity contribution in [1.82, 2.24) is 15.0 Å². The Hall–Kier alpha value is -1.88. The molecule has 1 aliphatic heterocycles. The zero-order valence-electron chi connectivity index (χ0n) is 14.0. The van der Waals surface area contributed by atoms with E-state index in [2.05, 4.69) is 24.0 Å². The number of aromatic nitrogens is 2. The normalized spacial score (nSPS) is 18.2. The first-order valence-electron chi connectivity index (χ1n) is 8.40. The van der Waals surface area contributed by atoms with Crippen LogP contribution in [0.4, 0.5) is 0 Å². The molecule has 2 heterocycles. The first-order valence-corrected chi connectivity index (χ1v) is 8.78. The number of carbonyl (C=O) groups is 1. The Labute approximate surface area is 147 Å². The van der Waals surface area contributed by atoms with E-state index in [9.17, 15) is 4.79 Å². The fraction of sp³-hybridized carbons (Fsp3) is 0.500. The number of carbonyl (C=O) groups excluding carboxylic acids is 1. The lowest BCUT2D eigenvalue weighted by molar-refractivity contribution is -0.133. The van der Waals surface area contributed by atoms with Crippen molar-refractivity contribution in [2.75, 3.05) is 13.1 Å². The molecule has 1 amide bonds. The molecule has 24 heavy (non-hydrogen) atoms. The molecule has 1 unspecified atom stereocenters. The minimum Gasteiger partial charge on any atom is -0.342 e. The number of piperidine rings is 1. The summed E-state index contributed by atoms with van der Waals surface area (Å²) in [6.07, 6.45) is 2.52. The summed E-state index contributed by atoms with van der Waals surface area (Å²) in [4.78, 5) is 18.8. The van der Waals surface area contributed by atoms with Gasteiger partial charge in [-0.3, -0.25) is 4.79 Å². The summed E-state index contributed by atoms with van der Waals surface area (Å²) in [6.45, 7) is 5.61. The average Bonchev–Trinajstić information content (AvgIpc) is 3.05. The van der Waals surface area contributed by atoms with E-state index in [0.29, 0.717) is 35.6 Å². The van der Waals surface area contributed by atoms with Gasteiger partial charge >= 0.3 is 0 Å². The summed E-state index contributed by atoms with van der Waals surface area (Å²) in [5.41, 5.74) is 0.873. The Morgan fingerprint density at radius 3 is 2.83 bits per heavy atom. The molecular weight excluding hydrogens is 326 g/mol. The molecule has 1 aliphatic rings. The standard InChI is InChI=1S/C18H22ClN3O2/c1-12(2)10-16(23)22-9-3-4-14(11-22)18-20-17(21-24-18)13-5-7-15(19)8-6-13/h5-8,12,14H,3-4,9-11H2,1-2H3. The van der Waals surface area contributed by atoms with E-state index in [1.807, 2.05) is 17.0 Å². The fourth-order valence-corrected chi connectivity index (χ4v) is 3.13. The van der Waals surface area contributed by atoms with Gasteiger partial charge in [0.1, 0.15) is 0 Å². The van der Waals surface area contributed by atoms with Gasteiger partial charge in [-0.1, -0.05) is 30.6 Å². The molecule has 0 radical (unpaired) electrons. The highest BCUT2D eigenvalue weighted by Gasteiger charge is 2.28. The number of hydrogen-bond acceptors (Lipinski definition) is 4. The van der Waals surface area contributed by atoms with Crippen LogP contribution in [0.5, 0.6) is 0 Å². The monoisotopic (exact) mass is 347 g/mol. The Balaban J connectivity index is 1.70. The van der Waals surface area contributed by atoms with Crippen LogP contribution in [0.15, 0.2) is 28.8 Å². The second-order valence-electron chi connectivity index (χ2n) is 6.74. The molecule has 0 saturated carbocycles. The van der Waals surface area contributed by atoms with Crippen LogP contribution in [0.1, 0.15) is 44.9 Å². The van der Waals surface area contributed by atoms with Gasteiger partial charge in [-0.2, -0.15) is 4.98 Å². The van der Waals surface area contributed by atoms with Gasteiger partial charge in [0, 0.05) is 30.1 Å². The van der Waals surface area contributed by atoms with Gasteiger partial charge < -0.3 is 9.42 Å². The molecule has 6 heteroatoms. The van der Waals surface area contributed by atoms with Crippen LogP contribution in [0.3, 0.4) is 0 Å². The lowest BCUT2D eigenvalue weighted by atomic mass is 9.97. The summed E-state index contributed by atoms with van der Waals surface area (Å²) in [5, 5.41) is 4.75.